The fourth-order valence-electron chi connectivity index (χ4n) is 4.75. The van der Waals surface area contributed by atoms with Crippen LogP contribution in [-0.2, 0) is 14.3 Å². The highest BCUT2D eigenvalue weighted by molar-refractivity contribution is 5.84. The van der Waals surface area contributed by atoms with Crippen molar-refractivity contribution in [3.63, 3.8) is 0 Å². The van der Waals surface area contributed by atoms with E-state index in [1.165, 1.54) is 5.56 Å². The fraction of sp³-hybridized carbons (Fsp3) is 0.682. The normalized spacial score (nSPS) is 24.7. The molecule has 0 saturated carbocycles. The number of ether oxygens (including phenoxy) is 1. The second-order valence-corrected chi connectivity index (χ2v) is 8.41. The van der Waals surface area contributed by atoms with Crippen LogP contribution in [0.4, 0.5) is 0 Å². The molecule has 3 fully saturated rings. The van der Waals surface area contributed by atoms with Gasteiger partial charge in [-0.05, 0) is 42.9 Å². The van der Waals surface area contributed by atoms with Crippen LogP contribution >= 0.6 is 0 Å². The first-order valence-electron chi connectivity index (χ1n) is 11.0. The molecule has 4 heterocycles. The number of pyridine rings is 1. The molecule has 7 heteroatoms. The van der Waals surface area contributed by atoms with E-state index in [4.69, 9.17) is 4.74 Å². The van der Waals surface area contributed by atoms with E-state index in [1.54, 1.807) is 0 Å². The molecule has 158 valence electrons. The Morgan fingerprint density at radius 1 is 1.03 bits per heavy atom. The van der Waals surface area contributed by atoms with Crippen molar-refractivity contribution in [1.82, 2.24) is 19.7 Å². The number of carbonyl (C=O) groups is 2. The number of rotatable bonds is 5. The van der Waals surface area contributed by atoms with Gasteiger partial charge in [0, 0.05) is 64.6 Å². The van der Waals surface area contributed by atoms with E-state index in [2.05, 4.69) is 22.0 Å². The molecule has 29 heavy (non-hydrogen) atoms. The quantitative estimate of drug-likeness (QED) is 0.747. The lowest BCUT2D eigenvalue weighted by molar-refractivity contribution is -0.144. The minimum absolute atomic E-state index is 0.0464. The Bertz CT molecular complexity index is 685. The summed E-state index contributed by atoms with van der Waals surface area (Å²) in [6.45, 7) is 7.17. The van der Waals surface area contributed by atoms with Gasteiger partial charge < -0.3 is 14.5 Å². The lowest BCUT2D eigenvalue weighted by Crippen LogP contribution is -2.50. The summed E-state index contributed by atoms with van der Waals surface area (Å²) in [4.78, 5) is 35.8. The molecule has 3 saturated heterocycles. The second-order valence-electron chi connectivity index (χ2n) is 8.41. The van der Waals surface area contributed by atoms with Crippen LogP contribution in [-0.4, -0.2) is 90.5 Å². The summed E-state index contributed by atoms with van der Waals surface area (Å²) in [5, 5.41) is 0. The molecule has 0 unspecified atom stereocenters. The Kier molecular flexibility index (Phi) is 6.77. The first kappa shape index (κ1) is 20.3. The molecule has 3 aliphatic heterocycles. The minimum atomic E-state index is -0.0464. The molecule has 0 N–H and O–H groups in total. The van der Waals surface area contributed by atoms with Gasteiger partial charge in [0.05, 0.1) is 19.1 Å². The number of aromatic nitrogens is 1. The van der Waals surface area contributed by atoms with Crippen LogP contribution in [0.3, 0.4) is 0 Å². The summed E-state index contributed by atoms with van der Waals surface area (Å²) in [6.07, 6.45) is 6.88. The zero-order valence-electron chi connectivity index (χ0n) is 17.2. The summed E-state index contributed by atoms with van der Waals surface area (Å²) in [7, 11) is 0. The van der Waals surface area contributed by atoms with Gasteiger partial charge in [0.2, 0.25) is 11.8 Å². The second kappa shape index (κ2) is 9.67. The predicted octanol–water partition coefficient (Wildman–Crippen LogP) is 1.36. The van der Waals surface area contributed by atoms with Crippen molar-refractivity contribution in [1.29, 1.82) is 0 Å². The number of morpholine rings is 1. The molecule has 1 aromatic heterocycles. The maximum atomic E-state index is 13.1. The van der Waals surface area contributed by atoms with Gasteiger partial charge in [-0.3, -0.25) is 19.5 Å². The molecule has 3 aliphatic rings. The van der Waals surface area contributed by atoms with E-state index in [1.807, 2.05) is 22.2 Å². The Morgan fingerprint density at radius 3 is 2.48 bits per heavy atom. The predicted molar refractivity (Wildman–Crippen MR) is 109 cm³/mol. The highest BCUT2D eigenvalue weighted by Crippen LogP contribution is 2.29. The third-order valence-corrected chi connectivity index (χ3v) is 6.62. The smallest absolute Gasteiger partial charge is 0.227 e. The largest absolute Gasteiger partial charge is 0.379 e. The number of likely N-dealkylation sites (tertiary alicyclic amines) is 2. The summed E-state index contributed by atoms with van der Waals surface area (Å²) in [5.41, 5.74) is 1.32. The average Bonchev–Trinajstić information content (AvgIpc) is 2.79. The molecule has 1 aromatic rings. The van der Waals surface area contributed by atoms with Crippen molar-refractivity contribution in [3.05, 3.63) is 30.1 Å². The standard InChI is InChI=1S/C22H32N4O3/c27-21-2-1-20(17-26(21)12-11-24-13-15-29-16-14-24)22(28)25-9-5-19(6-10-25)18-3-7-23-8-4-18/h3-4,7-8,19-20H,1-2,5-6,9-17H2/t20-/m1/s1. The highest BCUT2D eigenvalue weighted by atomic mass is 16.5. The van der Waals surface area contributed by atoms with E-state index < -0.39 is 0 Å². The highest BCUT2D eigenvalue weighted by Gasteiger charge is 2.34. The number of nitrogens with zero attached hydrogens (tertiary/aromatic N) is 4. The van der Waals surface area contributed by atoms with Gasteiger partial charge in [-0.25, -0.2) is 0 Å². The van der Waals surface area contributed by atoms with Crippen molar-refractivity contribution < 1.29 is 14.3 Å². The SMILES string of the molecule is O=C1CC[C@@H](C(=O)N2CCC(c3ccncc3)CC2)CN1CCN1CCOCC1. The Labute approximate surface area is 173 Å². The van der Waals surface area contributed by atoms with Crippen LogP contribution in [0.2, 0.25) is 0 Å². The monoisotopic (exact) mass is 400 g/mol. The van der Waals surface area contributed by atoms with Gasteiger partial charge in [-0.1, -0.05) is 0 Å². The van der Waals surface area contributed by atoms with Crippen LogP contribution in [0.5, 0.6) is 0 Å². The third-order valence-electron chi connectivity index (χ3n) is 6.62. The molecule has 0 bridgehead atoms. The molecule has 0 spiro atoms. The molecular weight excluding hydrogens is 368 g/mol. The number of piperidine rings is 2. The fourth-order valence-corrected chi connectivity index (χ4v) is 4.75. The van der Waals surface area contributed by atoms with Crippen LogP contribution in [0.1, 0.15) is 37.2 Å². The summed E-state index contributed by atoms with van der Waals surface area (Å²) in [5.74, 6) is 0.899. The van der Waals surface area contributed by atoms with Crippen molar-refractivity contribution in [3.8, 4) is 0 Å². The maximum absolute atomic E-state index is 13.1. The van der Waals surface area contributed by atoms with Gasteiger partial charge in [0.25, 0.3) is 0 Å². The Balaban J connectivity index is 1.26. The van der Waals surface area contributed by atoms with E-state index in [0.29, 0.717) is 31.8 Å². The van der Waals surface area contributed by atoms with E-state index in [-0.39, 0.29) is 17.7 Å². The van der Waals surface area contributed by atoms with Crippen molar-refractivity contribution in [2.45, 2.75) is 31.6 Å². The molecule has 4 rings (SSSR count). The molecule has 0 aromatic carbocycles. The number of hydrogen-bond acceptors (Lipinski definition) is 5. The topological polar surface area (TPSA) is 66.0 Å². The van der Waals surface area contributed by atoms with E-state index in [9.17, 15) is 9.59 Å². The van der Waals surface area contributed by atoms with Crippen LogP contribution in [0, 0.1) is 5.92 Å². The van der Waals surface area contributed by atoms with Gasteiger partial charge in [-0.15, -0.1) is 0 Å². The van der Waals surface area contributed by atoms with Gasteiger partial charge in [-0.2, -0.15) is 0 Å². The zero-order valence-corrected chi connectivity index (χ0v) is 17.2. The molecular formula is C22H32N4O3. The summed E-state index contributed by atoms with van der Waals surface area (Å²) >= 11 is 0. The molecule has 0 radical (unpaired) electrons. The first-order valence-corrected chi connectivity index (χ1v) is 11.0. The lowest BCUT2D eigenvalue weighted by Gasteiger charge is -2.38. The minimum Gasteiger partial charge on any atom is -0.379 e. The van der Waals surface area contributed by atoms with E-state index >= 15 is 0 Å². The number of hydrogen-bond donors (Lipinski definition) is 0. The molecule has 1 atom stereocenters. The number of carbonyl (C=O) groups excluding carboxylic acids is 2. The van der Waals surface area contributed by atoms with Crippen molar-refractivity contribution >= 4 is 11.8 Å². The van der Waals surface area contributed by atoms with Gasteiger partial charge >= 0.3 is 0 Å². The van der Waals surface area contributed by atoms with Crippen LogP contribution in [0.15, 0.2) is 24.5 Å². The first-order chi connectivity index (χ1) is 14.2. The molecule has 7 nitrogen and oxygen atoms in total. The zero-order chi connectivity index (χ0) is 20.1. The third kappa shape index (κ3) is 5.14. The van der Waals surface area contributed by atoms with Gasteiger partial charge in [0.15, 0.2) is 0 Å². The van der Waals surface area contributed by atoms with Gasteiger partial charge in [0.1, 0.15) is 0 Å². The van der Waals surface area contributed by atoms with Crippen molar-refractivity contribution in [2.75, 3.05) is 59.0 Å². The number of amides is 2. The summed E-state index contributed by atoms with van der Waals surface area (Å²) < 4.78 is 5.39. The van der Waals surface area contributed by atoms with Crippen LogP contribution in [0.25, 0.3) is 0 Å². The average molecular weight is 401 g/mol. The molecule has 0 aliphatic carbocycles. The summed E-state index contributed by atoms with van der Waals surface area (Å²) in [6, 6.07) is 4.17. The molecule has 2 amide bonds. The lowest BCUT2D eigenvalue weighted by atomic mass is 9.88. The van der Waals surface area contributed by atoms with E-state index in [0.717, 1.165) is 58.8 Å². The van der Waals surface area contributed by atoms with Crippen LogP contribution < -0.4 is 0 Å². The van der Waals surface area contributed by atoms with Crippen molar-refractivity contribution in [2.24, 2.45) is 5.92 Å². The Morgan fingerprint density at radius 2 is 1.76 bits per heavy atom. The maximum Gasteiger partial charge on any atom is 0.227 e. The Hall–Kier alpha value is -1.99.